The normalized spacial score (nSPS) is 23.5. The predicted octanol–water partition coefficient (Wildman–Crippen LogP) is 2.45. The van der Waals surface area contributed by atoms with Crippen LogP contribution in [0.2, 0.25) is 0 Å². The number of benzene rings is 1. The highest BCUT2D eigenvalue weighted by Crippen LogP contribution is 2.23. The van der Waals surface area contributed by atoms with E-state index in [2.05, 4.69) is 5.32 Å². The van der Waals surface area contributed by atoms with Gasteiger partial charge in [0.15, 0.2) is 0 Å². The third-order valence-corrected chi connectivity index (χ3v) is 3.76. The van der Waals surface area contributed by atoms with E-state index >= 15 is 0 Å². The minimum atomic E-state index is -1.01. The lowest BCUT2D eigenvalue weighted by molar-refractivity contribution is -0.0284. The Morgan fingerprint density at radius 1 is 1.33 bits per heavy atom. The topological polar surface area (TPSA) is 78.8 Å². The minimum Gasteiger partial charge on any atom is -0.465 e. The van der Waals surface area contributed by atoms with Crippen LogP contribution in [0.15, 0.2) is 24.3 Å². The lowest BCUT2D eigenvalue weighted by Gasteiger charge is -2.29. The molecular weight excluding hydrogens is 277 g/mol. The quantitative estimate of drug-likeness (QED) is 0.780. The fourth-order valence-corrected chi connectivity index (χ4v) is 2.61. The molecule has 1 saturated carbocycles. The van der Waals surface area contributed by atoms with E-state index in [-0.39, 0.29) is 24.3 Å². The fraction of sp³-hybridized carbons (Fsp3) is 0.533. The summed E-state index contributed by atoms with van der Waals surface area (Å²) < 4.78 is 19.1. The van der Waals surface area contributed by atoms with Gasteiger partial charge >= 0.3 is 6.09 Å². The molecule has 2 rings (SSSR count). The first-order valence-corrected chi connectivity index (χ1v) is 7.10. The van der Waals surface area contributed by atoms with Crippen LogP contribution in [0.5, 0.6) is 0 Å². The summed E-state index contributed by atoms with van der Waals surface area (Å²) in [6.07, 6.45) is 0.886. The van der Waals surface area contributed by atoms with Crippen LogP contribution in [0.1, 0.15) is 37.4 Å². The number of aliphatic hydroxyl groups excluding tert-OH is 1. The molecule has 21 heavy (non-hydrogen) atoms. The van der Waals surface area contributed by atoms with Gasteiger partial charge in [-0.15, -0.1) is 0 Å². The summed E-state index contributed by atoms with van der Waals surface area (Å²) in [6, 6.07) is 6.06. The number of rotatable bonds is 5. The van der Waals surface area contributed by atoms with Gasteiger partial charge in [0.25, 0.3) is 0 Å². The van der Waals surface area contributed by atoms with Crippen molar-refractivity contribution < 1.29 is 24.1 Å². The molecule has 0 heterocycles. The Balaban J connectivity index is 1.75. The summed E-state index contributed by atoms with van der Waals surface area (Å²) in [4.78, 5) is 10.5. The second kappa shape index (κ2) is 7.38. The zero-order valence-corrected chi connectivity index (χ0v) is 11.7. The van der Waals surface area contributed by atoms with Gasteiger partial charge in [-0.05, 0) is 31.7 Å². The second-order valence-corrected chi connectivity index (χ2v) is 5.29. The van der Waals surface area contributed by atoms with Crippen molar-refractivity contribution in [2.45, 2.75) is 43.9 Å². The second-order valence-electron chi connectivity index (χ2n) is 5.29. The first-order chi connectivity index (χ1) is 10.1. The van der Waals surface area contributed by atoms with Crippen molar-refractivity contribution in [3.8, 4) is 0 Å². The van der Waals surface area contributed by atoms with Crippen LogP contribution < -0.4 is 5.32 Å². The lowest BCUT2D eigenvalue weighted by Crippen LogP contribution is -2.38. The summed E-state index contributed by atoms with van der Waals surface area (Å²) in [5, 5.41) is 21.1. The van der Waals surface area contributed by atoms with Crippen molar-refractivity contribution in [2.75, 3.05) is 6.61 Å². The molecule has 6 heteroatoms. The highest BCUT2D eigenvalue weighted by molar-refractivity contribution is 5.64. The zero-order chi connectivity index (χ0) is 15.2. The molecule has 3 N–H and O–H groups in total. The Hall–Kier alpha value is -1.66. The number of aliphatic hydroxyl groups is 1. The molecule has 1 aliphatic carbocycles. The lowest BCUT2D eigenvalue weighted by atomic mass is 9.93. The van der Waals surface area contributed by atoms with Gasteiger partial charge in [-0.25, -0.2) is 9.18 Å². The van der Waals surface area contributed by atoms with E-state index in [4.69, 9.17) is 9.84 Å². The average molecular weight is 297 g/mol. The van der Waals surface area contributed by atoms with E-state index in [1.165, 1.54) is 12.1 Å². The highest BCUT2D eigenvalue weighted by Gasteiger charge is 2.23. The number of amides is 1. The van der Waals surface area contributed by atoms with E-state index in [0.29, 0.717) is 12.8 Å². The van der Waals surface area contributed by atoms with Crippen molar-refractivity contribution >= 4 is 6.09 Å². The number of carbonyl (C=O) groups is 1. The molecule has 1 atom stereocenters. The Bertz CT molecular complexity index is 474. The highest BCUT2D eigenvalue weighted by atomic mass is 19.1. The molecule has 0 bridgehead atoms. The maximum absolute atomic E-state index is 13.5. The number of halogens is 1. The largest absolute Gasteiger partial charge is 0.465 e. The Morgan fingerprint density at radius 2 is 2.00 bits per heavy atom. The summed E-state index contributed by atoms with van der Waals surface area (Å²) in [6.45, 7) is 0.0443. The average Bonchev–Trinajstić information content (AvgIpc) is 2.46. The molecule has 1 aromatic carbocycles. The molecule has 1 aromatic rings. The first-order valence-electron chi connectivity index (χ1n) is 7.10. The minimum absolute atomic E-state index is 0.0155. The van der Waals surface area contributed by atoms with E-state index in [1.807, 2.05) is 0 Å². The Morgan fingerprint density at radius 3 is 2.62 bits per heavy atom. The van der Waals surface area contributed by atoms with Crippen molar-refractivity contribution in [3.05, 3.63) is 35.6 Å². The van der Waals surface area contributed by atoms with E-state index in [1.54, 1.807) is 12.1 Å². The number of hydrogen-bond acceptors (Lipinski definition) is 3. The monoisotopic (exact) mass is 297 g/mol. The van der Waals surface area contributed by atoms with Gasteiger partial charge in [-0.1, -0.05) is 18.2 Å². The molecule has 116 valence electrons. The van der Waals surface area contributed by atoms with Gasteiger partial charge in [0.05, 0.1) is 12.7 Å². The van der Waals surface area contributed by atoms with E-state index < -0.39 is 18.0 Å². The number of carboxylic acid groups (broad SMARTS) is 1. The first kappa shape index (κ1) is 15.7. The third-order valence-electron chi connectivity index (χ3n) is 3.76. The molecule has 1 unspecified atom stereocenters. The summed E-state index contributed by atoms with van der Waals surface area (Å²) in [5.74, 6) is -0.442. The number of hydrogen-bond donors (Lipinski definition) is 3. The predicted molar refractivity (Wildman–Crippen MR) is 74.5 cm³/mol. The summed E-state index contributed by atoms with van der Waals surface area (Å²) in [5.41, 5.74) is 0.235. The molecule has 1 fully saturated rings. The fourth-order valence-electron chi connectivity index (χ4n) is 2.61. The maximum Gasteiger partial charge on any atom is 0.404 e. The molecular formula is C15H20FNO4. The van der Waals surface area contributed by atoms with Crippen LogP contribution in [0.25, 0.3) is 0 Å². The SMILES string of the molecule is O=C(O)N[C@H]1CC[C@H](OCC(O)c2ccccc2F)CC1. The number of nitrogens with one attached hydrogen (secondary N) is 1. The van der Waals surface area contributed by atoms with E-state index in [0.717, 1.165) is 12.8 Å². The van der Waals surface area contributed by atoms with Gasteiger partial charge in [-0.2, -0.15) is 0 Å². The molecule has 1 aliphatic rings. The van der Waals surface area contributed by atoms with Crippen LogP contribution in [0, 0.1) is 5.82 Å². The molecule has 5 nitrogen and oxygen atoms in total. The van der Waals surface area contributed by atoms with Gasteiger partial charge in [0, 0.05) is 11.6 Å². The van der Waals surface area contributed by atoms with Crippen molar-refractivity contribution in [1.82, 2.24) is 5.32 Å². The number of ether oxygens (including phenoxy) is 1. The standard InChI is InChI=1S/C15H20FNO4/c16-13-4-2-1-3-12(13)14(18)9-21-11-7-5-10(6-8-11)17-15(19)20/h1-4,10-11,14,17-18H,5-9H2,(H,19,20)/t10-,11-,14?. The molecule has 0 aromatic heterocycles. The Kier molecular flexibility index (Phi) is 5.52. The van der Waals surface area contributed by atoms with Crippen LogP contribution in [0.3, 0.4) is 0 Å². The van der Waals surface area contributed by atoms with E-state index in [9.17, 15) is 14.3 Å². The maximum atomic E-state index is 13.5. The van der Waals surface area contributed by atoms with Gasteiger partial charge in [0.1, 0.15) is 11.9 Å². The molecule has 0 radical (unpaired) electrons. The third kappa shape index (κ3) is 4.68. The molecule has 0 aliphatic heterocycles. The Labute approximate surface area is 122 Å². The molecule has 0 saturated heterocycles. The molecule has 0 spiro atoms. The summed E-state index contributed by atoms with van der Waals surface area (Å²) >= 11 is 0. The van der Waals surface area contributed by atoms with Crippen LogP contribution in [-0.2, 0) is 4.74 Å². The van der Waals surface area contributed by atoms with Gasteiger partial charge in [-0.3, -0.25) is 0 Å². The van der Waals surface area contributed by atoms with Crippen molar-refractivity contribution in [2.24, 2.45) is 0 Å². The van der Waals surface area contributed by atoms with Crippen molar-refractivity contribution in [1.29, 1.82) is 0 Å². The summed E-state index contributed by atoms with van der Waals surface area (Å²) in [7, 11) is 0. The van der Waals surface area contributed by atoms with Crippen molar-refractivity contribution in [3.63, 3.8) is 0 Å². The van der Waals surface area contributed by atoms with Crippen LogP contribution in [-0.4, -0.2) is 35.1 Å². The zero-order valence-electron chi connectivity index (χ0n) is 11.7. The van der Waals surface area contributed by atoms with Crippen LogP contribution in [0.4, 0.5) is 9.18 Å². The molecule has 1 amide bonds. The van der Waals surface area contributed by atoms with Gasteiger partial charge in [0.2, 0.25) is 0 Å². The smallest absolute Gasteiger partial charge is 0.404 e. The van der Waals surface area contributed by atoms with Gasteiger partial charge < -0.3 is 20.3 Å². The van der Waals surface area contributed by atoms with Crippen LogP contribution >= 0.6 is 0 Å².